The number of nitrogens with zero attached hydrogens (tertiary/aromatic N) is 1. The first kappa shape index (κ1) is 15.0. The number of methoxy groups -OCH3 is 1. The number of para-hydroxylation sites is 1. The van der Waals surface area contributed by atoms with Crippen molar-refractivity contribution < 1.29 is 9.84 Å². The van der Waals surface area contributed by atoms with Crippen LogP contribution in [0, 0.1) is 13.8 Å². The molecule has 0 aliphatic carbocycles. The van der Waals surface area contributed by atoms with Gasteiger partial charge in [0.15, 0.2) is 0 Å². The molecule has 2 unspecified atom stereocenters. The molecule has 0 fully saturated rings. The van der Waals surface area contributed by atoms with Gasteiger partial charge >= 0.3 is 0 Å². The Labute approximate surface area is 123 Å². The summed E-state index contributed by atoms with van der Waals surface area (Å²) < 4.78 is 5.37. The molecule has 0 radical (unpaired) electrons. The summed E-state index contributed by atoms with van der Waals surface area (Å²) >= 11 is 1.52. The van der Waals surface area contributed by atoms with Gasteiger partial charge in [0.1, 0.15) is 5.75 Å². The number of aliphatic hydroxyl groups is 1. The van der Waals surface area contributed by atoms with Crippen molar-refractivity contribution in [2.75, 3.05) is 13.7 Å². The van der Waals surface area contributed by atoms with E-state index in [1.807, 2.05) is 38.1 Å². The van der Waals surface area contributed by atoms with E-state index in [2.05, 4.69) is 4.98 Å². The Balaban J connectivity index is 2.39. The second kappa shape index (κ2) is 6.35. The van der Waals surface area contributed by atoms with E-state index < -0.39 is 6.10 Å². The molecule has 3 N–H and O–H groups in total. The largest absolute Gasteiger partial charge is 0.496 e. The Kier molecular flexibility index (Phi) is 4.75. The highest BCUT2D eigenvalue weighted by molar-refractivity contribution is 7.11. The van der Waals surface area contributed by atoms with Crippen molar-refractivity contribution in [3.05, 3.63) is 45.4 Å². The fourth-order valence-electron chi connectivity index (χ4n) is 2.40. The summed E-state index contributed by atoms with van der Waals surface area (Å²) in [7, 11) is 1.63. The van der Waals surface area contributed by atoms with Crippen LogP contribution in [-0.4, -0.2) is 23.7 Å². The molecule has 4 nitrogen and oxygen atoms in total. The number of hydrogen-bond donors (Lipinski definition) is 2. The van der Waals surface area contributed by atoms with Crippen molar-refractivity contribution in [3.8, 4) is 5.75 Å². The third-order valence-corrected chi connectivity index (χ3v) is 4.53. The normalized spacial score (nSPS) is 14.1. The number of aryl methyl sites for hydroxylation is 2. The predicted molar refractivity (Wildman–Crippen MR) is 81.3 cm³/mol. The highest BCUT2D eigenvalue weighted by atomic mass is 32.1. The van der Waals surface area contributed by atoms with Crippen molar-refractivity contribution in [1.82, 2.24) is 4.98 Å². The zero-order chi connectivity index (χ0) is 14.7. The number of aromatic nitrogens is 1. The molecule has 0 aliphatic rings. The molecule has 0 bridgehead atoms. The minimum Gasteiger partial charge on any atom is -0.496 e. The molecule has 20 heavy (non-hydrogen) atoms. The van der Waals surface area contributed by atoms with Gasteiger partial charge in [-0.2, -0.15) is 0 Å². The standard InChI is InChI=1S/C15H20N2O2S/c1-9-15(20-10(2)17-9)14(18)12(8-16)11-6-4-5-7-13(11)19-3/h4-7,12,14,18H,8,16H2,1-3H3. The maximum Gasteiger partial charge on any atom is 0.122 e. The van der Waals surface area contributed by atoms with Gasteiger partial charge in [-0.05, 0) is 19.9 Å². The second-order valence-electron chi connectivity index (χ2n) is 4.71. The summed E-state index contributed by atoms with van der Waals surface area (Å²) in [5.74, 6) is 0.547. The first-order valence-corrected chi connectivity index (χ1v) is 7.35. The van der Waals surface area contributed by atoms with Gasteiger partial charge in [0.25, 0.3) is 0 Å². The molecule has 0 saturated heterocycles. The first-order chi connectivity index (χ1) is 9.58. The monoisotopic (exact) mass is 292 g/mol. The van der Waals surface area contributed by atoms with Crippen LogP contribution in [0.15, 0.2) is 24.3 Å². The van der Waals surface area contributed by atoms with Gasteiger partial charge in [-0.1, -0.05) is 18.2 Å². The van der Waals surface area contributed by atoms with Crippen LogP contribution in [0.25, 0.3) is 0 Å². The highest BCUT2D eigenvalue weighted by Crippen LogP contribution is 2.38. The third kappa shape index (κ3) is 2.85. The molecule has 2 aromatic rings. The maximum absolute atomic E-state index is 10.7. The van der Waals surface area contributed by atoms with Crippen molar-refractivity contribution in [3.63, 3.8) is 0 Å². The Morgan fingerprint density at radius 2 is 2.05 bits per heavy atom. The van der Waals surface area contributed by atoms with Crippen LogP contribution >= 0.6 is 11.3 Å². The van der Waals surface area contributed by atoms with Crippen LogP contribution in [-0.2, 0) is 0 Å². The topological polar surface area (TPSA) is 68.4 Å². The van der Waals surface area contributed by atoms with Gasteiger partial charge in [0.05, 0.1) is 28.8 Å². The molecule has 1 aromatic heterocycles. The molecule has 0 aliphatic heterocycles. The van der Waals surface area contributed by atoms with E-state index >= 15 is 0 Å². The zero-order valence-electron chi connectivity index (χ0n) is 12.0. The number of nitrogens with two attached hydrogens (primary N) is 1. The van der Waals surface area contributed by atoms with Gasteiger partial charge in [-0.3, -0.25) is 0 Å². The molecule has 0 amide bonds. The van der Waals surface area contributed by atoms with Crippen molar-refractivity contribution in [2.45, 2.75) is 25.9 Å². The lowest BCUT2D eigenvalue weighted by Gasteiger charge is -2.23. The number of rotatable bonds is 5. The van der Waals surface area contributed by atoms with Crippen LogP contribution in [0.3, 0.4) is 0 Å². The maximum atomic E-state index is 10.7. The molecule has 0 spiro atoms. The lowest BCUT2D eigenvalue weighted by Crippen LogP contribution is -2.20. The van der Waals surface area contributed by atoms with E-state index in [-0.39, 0.29) is 5.92 Å². The summed E-state index contributed by atoms with van der Waals surface area (Å²) in [6.07, 6.45) is -0.664. The van der Waals surface area contributed by atoms with Gasteiger partial charge in [-0.15, -0.1) is 11.3 Å². The molecule has 0 saturated carbocycles. The minimum absolute atomic E-state index is 0.204. The van der Waals surface area contributed by atoms with Gasteiger partial charge < -0.3 is 15.6 Å². The Hall–Kier alpha value is -1.43. The first-order valence-electron chi connectivity index (χ1n) is 6.53. The Morgan fingerprint density at radius 1 is 1.35 bits per heavy atom. The molecule has 108 valence electrons. The molecular formula is C15H20N2O2S. The number of ether oxygens (including phenoxy) is 1. The van der Waals surface area contributed by atoms with E-state index in [0.717, 1.165) is 26.9 Å². The Morgan fingerprint density at radius 3 is 2.60 bits per heavy atom. The van der Waals surface area contributed by atoms with Gasteiger partial charge in [-0.25, -0.2) is 4.98 Å². The number of aliphatic hydroxyl groups excluding tert-OH is 1. The average molecular weight is 292 g/mol. The van der Waals surface area contributed by atoms with Gasteiger partial charge in [0.2, 0.25) is 0 Å². The minimum atomic E-state index is -0.664. The SMILES string of the molecule is COc1ccccc1C(CN)C(O)c1sc(C)nc1C. The van der Waals surface area contributed by atoms with Crippen molar-refractivity contribution in [2.24, 2.45) is 5.73 Å². The van der Waals surface area contributed by atoms with E-state index in [0.29, 0.717) is 6.54 Å². The van der Waals surface area contributed by atoms with Crippen LogP contribution in [0.2, 0.25) is 0 Å². The average Bonchev–Trinajstić information content (AvgIpc) is 2.79. The lowest BCUT2D eigenvalue weighted by atomic mass is 9.91. The summed E-state index contributed by atoms with van der Waals surface area (Å²) in [6.45, 7) is 4.20. The van der Waals surface area contributed by atoms with Gasteiger partial charge in [0, 0.05) is 18.0 Å². The summed E-state index contributed by atoms with van der Waals surface area (Å²) in [4.78, 5) is 5.25. The molecule has 1 aromatic carbocycles. The van der Waals surface area contributed by atoms with Crippen LogP contribution in [0.5, 0.6) is 5.75 Å². The van der Waals surface area contributed by atoms with E-state index in [4.69, 9.17) is 10.5 Å². The van der Waals surface area contributed by atoms with E-state index in [1.165, 1.54) is 11.3 Å². The fourth-order valence-corrected chi connectivity index (χ4v) is 3.38. The number of hydrogen-bond acceptors (Lipinski definition) is 5. The summed E-state index contributed by atoms with van der Waals surface area (Å²) in [5.41, 5.74) is 7.69. The third-order valence-electron chi connectivity index (χ3n) is 3.38. The zero-order valence-corrected chi connectivity index (χ0v) is 12.8. The van der Waals surface area contributed by atoms with Crippen molar-refractivity contribution in [1.29, 1.82) is 0 Å². The predicted octanol–water partition coefficient (Wildman–Crippen LogP) is 2.54. The highest BCUT2D eigenvalue weighted by Gasteiger charge is 2.27. The number of thiazole rings is 1. The van der Waals surface area contributed by atoms with E-state index in [1.54, 1.807) is 7.11 Å². The van der Waals surface area contributed by atoms with Crippen molar-refractivity contribution >= 4 is 11.3 Å². The molecule has 2 atom stereocenters. The quantitative estimate of drug-likeness (QED) is 0.888. The molecular weight excluding hydrogens is 272 g/mol. The molecule has 1 heterocycles. The van der Waals surface area contributed by atoms with Crippen LogP contribution in [0.1, 0.15) is 33.2 Å². The lowest BCUT2D eigenvalue weighted by molar-refractivity contribution is 0.148. The Bertz CT molecular complexity index is 583. The summed E-state index contributed by atoms with van der Waals surface area (Å²) in [6, 6.07) is 7.67. The number of benzene rings is 1. The van der Waals surface area contributed by atoms with Crippen LogP contribution < -0.4 is 10.5 Å². The van der Waals surface area contributed by atoms with E-state index in [9.17, 15) is 5.11 Å². The summed E-state index contributed by atoms with van der Waals surface area (Å²) in [5, 5.41) is 11.6. The fraction of sp³-hybridized carbons (Fsp3) is 0.400. The second-order valence-corrected chi connectivity index (χ2v) is 5.95. The smallest absolute Gasteiger partial charge is 0.122 e. The van der Waals surface area contributed by atoms with Crippen LogP contribution in [0.4, 0.5) is 0 Å². The molecule has 2 rings (SSSR count). The molecule has 5 heteroatoms.